The molecule has 0 atom stereocenters. The molecule has 0 aromatic carbocycles. The van der Waals surface area contributed by atoms with Crippen LogP contribution in [0.1, 0.15) is 10.6 Å². The summed E-state index contributed by atoms with van der Waals surface area (Å²) in [5.41, 5.74) is 1.03. The van der Waals surface area contributed by atoms with Gasteiger partial charge in [0, 0.05) is 17.9 Å². The van der Waals surface area contributed by atoms with Crippen molar-refractivity contribution in [2.24, 2.45) is 0 Å². The van der Waals surface area contributed by atoms with Crippen molar-refractivity contribution in [1.82, 2.24) is 4.98 Å². The van der Waals surface area contributed by atoms with E-state index in [0.29, 0.717) is 6.42 Å². The first-order valence-electron chi connectivity index (χ1n) is 4.42. The van der Waals surface area contributed by atoms with E-state index in [1.54, 1.807) is 22.7 Å². The van der Waals surface area contributed by atoms with Gasteiger partial charge in [0.15, 0.2) is 0 Å². The summed E-state index contributed by atoms with van der Waals surface area (Å²) in [7, 11) is 0. The second kappa shape index (κ2) is 4.21. The van der Waals surface area contributed by atoms with Crippen molar-refractivity contribution in [3.05, 3.63) is 28.1 Å². The highest BCUT2D eigenvalue weighted by atomic mass is 32.1. The monoisotopic (exact) mass is 225 g/mol. The van der Waals surface area contributed by atoms with E-state index in [1.165, 1.54) is 9.75 Å². The van der Waals surface area contributed by atoms with Crippen molar-refractivity contribution in [1.29, 1.82) is 0 Å². The van der Waals surface area contributed by atoms with Crippen LogP contribution in [0.3, 0.4) is 0 Å². The van der Waals surface area contributed by atoms with Crippen LogP contribution in [0.4, 0.5) is 0 Å². The topological polar surface area (TPSA) is 33.1 Å². The molecule has 0 unspecified atom stereocenters. The molecule has 0 fully saturated rings. The van der Waals surface area contributed by atoms with Gasteiger partial charge < -0.3 is 5.11 Å². The number of hydrogen-bond donors (Lipinski definition) is 1. The largest absolute Gasteiger partial charge is 0.396 e. The van der Waals surface area contributed by atoms with Crippen molar-refractivity contribution in [2.75, 3.05) is 6.61 Å². The van der Waals surface area contributed by atoms with E-state index in [2.05, 4.69) is 23.4 Å². The zero-order valence-electron chi connectivity index (χ0n) is 7.86. The molecule has 0 spiro atoms. The molecule has 1 N–H and O–H groups in total. The molecule has 0 aliphatic heterocycles. The van der Waals surface area contributed by atoms with Crippen LogP contribution in [0.5, 0.6) is 0 Å². The normalized spacial score (nSPS) is 10.7. The van der Waals surface area contributed by atoms with Gasteiger partial charge in [-0.05, 0) is 18.4 Å². The van der Waals surface area contributed by atoms with Crippen LogP contribution >= 0.6 is 22.7 Å². The molecule has 14 heavy (non-hydrogen) atoms. The number of thiazole rings is 1. The van der Waals surface area contributed by atoms with Crippen LogP contribution in [0.25, 0.3) is 9.88 Å². The Morgan fingerprint density at radius 1 is 1.50 bits per heavy atom. The number of rotatable bonds is 3. The fourth-order valence-corrected chi connectivity index (χ4v) is 3.03. The second-order valence-corrected chi connectivity index (χ2v) is 5.12. The summed E-state index contributed by atoms with van der Waals surface area (Å²) in [5.74, 6) is 0. The van der Waals surface area contributed by atoms with Gasteiger partial charge in [0.25, 0.3) is 0 Å². The lowest BCUT2D eigenvalue weighted by Crippen LogP contribution is -1.92. The molecule has 0 aliphatic rings. The summed E-state index contributed by atoms with van der Waals surface area (Å²) in [6.07, 6.45) is 0.660. The van der Waals surface area contributed by atoms with E-state index in [4.69, 9.17) is 5.11 Å². The van der Waals surface area contributed by atoms with Crippen LogP contribution in [-0.2, 0) is 6.42 Å². The highest BCUT2D eigenvalue weighted by Crippen LogP contribution is 2.30. The van der Waals surface area contributed by atoms with E-state index in [9.17, 15) is 0 Å². The smallest absolute Gasteiger partial charge is 0.133 e. The van der Waals surface area contributed by atoms with Crippen molar-refractivity contribution in [3.63, 3.8) is 0 Å². The van der Waals surface area contributed by atoms with Crippen molar-refractivity contribution >= 4 is 22.7 Å². The standard InChI is InChI=1S/C10H11NOS2/c1-7-8(4-5-12)11-10(14-7)9-3-2-6-13-9/h2-3,6,12H,4-5H2,1H3. The molecule has 2 nitrogen and oxygen atoms in total. The fourth-order valence-electron chi connectivity index (χ4n) is 1.27. The Kier molecular flexibility index (Phi) is 2.96. The zero-order chi connectivity index (χ0) is 9.97. The van der Waals surface area contributed by atoms with Gasteiger partial charge in [-0.15, -0.1) is 22.7 Å². The Morgan fingerprint density at radius 3 is 3.00 bits per heavy atom. The van der Waals surface area contributed by atoms with Crippen LogP contribution in [0, 0.1) is 6.92 Å². The van der Waals surface area contributed by atoms with Gasteiger partial charge in [-0.2, -0.15) is 0 Å². The van der Waals surface area contributed by atoms with Crippen LogP contribution < -0.4 is 0 Å². The maximum absolute atomic E-state index is 8.85. The molecule has 0 saturated heterocycles. The Labute approximate surface area is 90.9 Å². The van der Waals surface area contributed by atoms with Gasteiger partial charge in [0.2, 0.25) is 0 Å². The maximum atomic E-state index is 8.85. The van der Waals surface area contributed by atoms with Gasteiger partial charge in [0.05, 0.1) is 10.6 Å². The number of aliphatic hydroxyl groups excluding tert-OH is 1. The quantitative estimate of drug-likeness (QED) is 0.871. The lowest BCUT2D eigenvalue weighted by Gasteiger charge is -1.91. The van der Waals surface area contributed by atoms with Crippen molar-refractivity contribution < 1.29 is 5.11 Å². The summed E-state index contributed by atoms with van der Waals surface area (Å²) in [5, 5.41) is 12.0. The minimum atomic E-state index is 0.175. The minimum absolute atomic E-state index is 0.175. The second-order valence-electron chi connectivity index (χ2n) is 2.97. The van der Waals surface area contributed by atoms with E-state index in [-0.39, 0.29) is 6.61 Å². The molecule has 0 saturated carbocycles. The average molecular weight is 225 g/mol. The third-order valence-electron chi connectivity index (χ3n) is 1.97. The third kappa shape index (κ3) is 1.87. The van der Waals surface area contributed by atoms with E-state index >= 15 is 0 Å². The number of nitrogens with zero attached hydrogens (tertiary/aromatic N) is 1. The highest BCUT2D eigenvalue weighted by Gasteiger charge is 2.09. The number of aliphatic hydroxyl groups is 1. The maximum Gasteiger partial charge on any atom is 0.133 e. The summed E-state index contributed by atoms with van der Waals surface area (Å²) >= 11 is 3.40. The van der Waals surface area contributed by atoms with E-state index in [0.717, 1.165) is 10.7 Å². The van der Waals surface area contributed by atoms with Gasteiger partial charge in [0.1, 0.15) is 5.01 Å². The summed E-state index contributed by atoms with van der Waals surface area (Å²) < 4.78 is 0. The molecule has 74 valence electrons. The number of aromatic nitrogens is 1. The molecule has 0 radical (unpaired) electrons. The molecule has 2 aromatic heterocycles. The molecule has 0 aliphatic carbocycles. The zero-order valence-corrected chi connectivity index (χ0v) is 9.49. The SMILES string of the molecule is Cc1sc(-c2cccs2)nc1CCO. The highest BCUT2D eigenvalue weighted by molar-refractivity contribution is 7.21. The van der Waals surface area contributed by atoms with Crippen LogP contribution in [-0.4, -0.2) is 16.7 Å². The van der Waals surface area contributed by atoms with Crippen LogP contribution in [0.15, 0.2) is 17.5 Å². The molecule has 4 heteroatoms. The summed E-state index contributed by atoms with van der Waals surface area (Å²) in [6.45, 7) is 2.23. The first-order valence-corrected chi connectivity index (χ1v) is 6.12. The lowest BCUT2D eigenvalue weighted by molar-refractivity contribution is 0.298. The predicted octanol–water partition coefficient (Wildman–Crippen LogP) is 2.71. The molecule has 0 amide bonds. The summed E-state index contributed by atoms with van der Waals surface area (Å²) in [6, 6.07) is 4.11. The Hall–Kier alpha value is -0.710. The number of thiophene rings is 1. The Balaban J connectivity index is 2.33. The van der Waals surface area contributed by atoms with Crippen LogP contribution in [0.2, 0.25) is 0 Å². The van der Waals surface area contributed by atoms with Gasteiger partial charge in [-0.1, -0.05) is 6.07 Å². The number of aryl methyl sites for hydroxylation is 1. The first kappa shape index (κ1) is 9.83. The molecule has 0 bridgehead atoms. The lowest BCUT2D eigenvalue weighted by atomic mass is 10.3. The fraction of sp³-hybridized carbons (Fsp3) is 0.300. The molecular formula is C10H11NOS2. The minimum Gasteiger partial charge on any atom is -0.396 e. The molecule has 2 rings (SSSR count). The van der Waals surface area contributed by atoms with Crippen molar-refractivity contribution in [2.45, 2.75) is 13.3 Å². The Bertz CT molecular complexity index is 406. The van der Waals surface area contributed by atoms with E-state index < -0.39 is 0 Å². The van der Waals surface area contributed by atoms with Gasteiger partial charge in [-0.3, -0.25) is 0 Å². The van der Waals surface area contributed by atoms with Gasteiger partial charge >= 0.3 is 0 Å². The number of hydrogen-bond acceptors (Lipinski definition) is 4. The van der Waals surface area contributed by atoms with Crippen molar-refractivity contribution in [3.8, 4) is 9.88 Å². The molecule has 2 aromatic rings. The molecule has 2 heterocycles. The average Bonchev–Trinajstić information content (AvgIpc) is 2.76. The third-order valence-corrected chi connectivity index (χ3v) is 4.03. The predicted molar refractivity (Wildman–Crippen MR) is 61.0 cm³/mol. The van der Waals surface area contributed by atoms with Gasteiger partial charge in [-0.25, -0.2) is 4.98 Å². The summed E-state index contributed by atoms with van der Waals surface area (Å²) in [4.78, 5) is 6.93. The molecular weight excluding hydrogens is 214 g/mol. The first-order chi connectivity index (χ1) is 6.81. The Morgan fingerprint density at radius 2 is 2.36 bits per heavy atom. The van der Waals surface area contributed by atoms with E-state index in [1.807, 2.05) is 6.07 Å².